The van der Waals surface area contributed by atoms with Crippen molar-refractivity contribution in [2.45, 2.75) is 31.8 Å². The van der Waals surface area contributed by atoms with Crippen LogP contribution in [0.25, 0.3) is 0 Å². The third kappa shape index (κ3) is 4.41. The number of ether oxygens (including phenoxy) is 1. The molecule has 2 aliphatic heterocycles. The Morgan fingerprint density at radius 3 is 2.82 bits per heavy atom. The largest absolute Gasteiger partial charge is 0.379 e. The van der Waals surface area contributed by atoms with E-state index in [-0.39, 0.29) is 0 Å². The van der Waals surface area contributed by atoms with Crippen molar-refractivity contribution in [3.05, 3.63) is 47.0 Å². The predicted molar refractivity (Wildman–Crippen MR) is 106 cm³/mol. The molecule has 7 heteroatoms. The molecule has 1 aromatic heterocycles. The van der Waals surface area contributed by atoms with Gasteiger partial charge in [0, 0.05) is 39.1 Å². The van der Waals surface area contributed by atoms with Crippen LogP contribution in [0.4, 0.5) is 0 Å². The number of nitriles is 1. The highest BCUT2D eigenvalue weighted by Crippen LogP contribution is 2.27. The van der Waals surface area contributed by atoms with Crippen molar-refractivity contribution in [2.75, 3.05) is 39.4 Å². The van der Waals surface area contributed by atoms with Gasteiger partial charge in [0.25, 0.3) is 0 Å². The van der Waals surface area contributed by atoms with Crippen molar-refractivity contribution in [1.82, 2.24) is 24.6 Å². The Labute approximate surface area is 166 Å². The topological polar surface area (TPSA) is 70.2 Å². The quantitative estimate of drug-likeness (QED) is 0.789. The zero-order valence-corrected chi connectivity index (χ0v) is 16.5. The van der Waals surface area contributed by atoms with E-state index in [0.29, 0.717) is 5.92 Å². The van der Waals surface area contributed by atoms with Crippen LogP contribution in [0.3, 0.4) is 0 Å². The van der Waals surface area contributed by atoms with Gasteiger partial charge < -0.3 is 9.30 Å². The summed E-state index contributed by atoms with van der Waals surface area (Å²) in [7, 11) is 2.10. The van der Waals surface area contributed by atoms with Crippen LogP contribution >= 0.6 is 0 Å². The third-order valence-electron chi connectivity index (χ3n) is 5.80. The molecule has 2 aliphatic rings. The number of hydrogen-bond donors (Lipinski definition) is 0. The molecule has 0 aliphatic carbocycles. The molecule has 2 saturated heterocycles. The van der Waals surface area contributed by atoms with Crippen LogP contribution in [-0.2, 0) is 24.9 Å². The molecular weight excluding hydrogens is 352 g/mol. The van der Waals surface area contributed by atoms with Crippen LogP contribution in [0.2, 0.25) is 0 Å². The minimum atomic E-state index is 0.406. The minimum Gasteiger partial charge on any atom is -0.379 e. The van der Waals surface area contributed by atoms with Gasteiger partial charge in [-0.2, -0.15) is 5.26 Å². The normalized spacial score (nSPS) is 21.5. The highest BCUT2D eigenvalue weighted by Gasteiger charge is 2.26. The molecule has 4 rings (SSSR count). The first kappa shape index (κ1) is 19.1. The summed E-state index contributed by atoms with van der Waals surface area (Å²) in [5.74, 6) is 2.54. The molecule has 2 fully saturated rings. The van der Waals surface area contributed by atoms with E-state index in [9.17, 15) is 0 Å². The van der Waals surface area contributed by atoms with E-state index in [4.69, 9.17) is 10.00 Å². The standard InChI is InChI=1S/C21H28N6O/c1-25-20(16-26-8-10-28-11-9-26)23-24-21(25)19-6-3-7-27(15-19)14-18-5-2-4-17(12-18)13-22/h2,4-5,12,19H,3,6-11,14-16H2,1H3. The molecule has 3 heterocycles. The maximum absolute atomic E-state index is 9.12. The fourth-order valence-corrected chi connectivity index (χ4v) is 4.24. The van der Waals surface area contributed by atoms with E-state index in [0.717, 1.165) is 82.5 Å². The van der Waals surface area contributed by atoms with Crippen LogP contribution in [0.1, 0.15) is 41.5 Å². The van der Waals surface area contributed by atoms with Gasteiger partial charge in [0.1, 0.15) is 11.6 Å². The van der Waals surface area contributed by atoms with Crippen LogP contribution in [0.15, 0.2) is 24.3 Å². The van der Waals surface area contributed by atoms with Crippen molar-refractivity contribution < 1.29 is 4.74 Å². The summed E-state index contributed by atoms with van der Waals surface area (Å²) in [6.45, 7) is 7.31. The molecule has 0 saturated carbocycles. The number of morpholine rings is 1. The van der Waals surface area contributed by atoms with Crippen molar-refractivity contribution in [3.63, 3.8) is 0 Å². The summed E-state index contributed by atoms with van der Waals surface area (Å²) in [4.78, 5) is 4.85. The lowest BCUT2D eigenvalue weighted by atomic mass is 9.96. The van der Waals surface area contributed by atoms with E-state index in [1.807, 2.05) is 18.2 Å². The summed E-state index contributed by atoms with van der Waals surface area (Å²) in [6, 6.07) is 10.2. The Bertz CT molecular complexity index is 836. The van der Waals surface area contributed by atoms with Crippen molar-refractivity contribution in [3.8, 4) is 6.07 Å². The van der Waals surface area contributed by atoms with Gasteiger partial charge in [-0.3, -0.25) is 9.80 Å². The zero-order chi connectivity index (χ0) is 19.3. The third-order valence-corrected chi connectivity index (χ3v) is 5.80. The number of nitrogens with zero attached hydrogens (tertiary/aromatic N) is 6. The van der Waals surface area contributed by atoms with Crippen LogP contribution in [0.5, 0.6) is 0 Å². The van der Waals surface area contributed by atoms with E-state index in [1.54, 1.807) is 0 Å². The van der Waals surface area contributed by atoms with Crippen molar-refractivity contribution >= 4 is 0 Å². The molecule has 28 heavy (non-hydrogen) atoms. The number of rotatable bonds is 5. The Hall–Kier alpha value is -2.27. The van der Waals surface area contributed by atoms with Gasteiger partial charge in [-0.1, -0.05) is 12.1 Å². The maximum Gasteiger partial charge on any atom is 0.146 e. The highest BCUT2D eigenvalue weighted by molar-refractivity contribution is 5.32. The molecule has 7 nitrogen and oxygen atoms in total. The first-order chi connectivity index (χ1) is 13.7. The molecule has 0 amide bonds. The van der Waals surface area contributed by atoms with Crippen molar-refractivity contribution in [1.29, 1.82) is 5.26 Å². The van der Waals surface area contributed by atoms with Gasteiger partial charge in [0.15, 0.2) is 0 Å². The predicted octanol–water partition coefficient (Wildman–Crippen LogP) is 1.90. The average molecular weight is 380 g/mol. The lowest BCUT2D eigenvalue weighted by Crippen LogP contribution is -2.36. The smallest absolute Gasteiger partial charge is 0.146 e. The zero-order valence-electron chi connectivity index (χ0n) is 16.5. The van der Waals surface area contributed by atoms with Gasteiger partial charge in [0.05, 0.1) is 31.4 Å². The number of benzene rings is 1. The summed E-state index contributed by atoms with van der Waals surface area (Å²) < 4.78 is 7.63. The first-order valence-electron chi connectivity index (χ1n) is 10.1. The van der Waals surface area contributed by atoms with E-state index in [1.165, 1.54) is 5.56 Å². The average Bonchev–Trinajstić information content (AvgIpc) is 3.09. The summed E-state index contributed by atoms with van der Waals surface area (Å²) in [5.41, 5.74) is 1.93. The summed E-state index contributed by atoms with van der Waals surface area (Å²) in [5, 5.41) is 18.2. The van der Waals surface area contributed by atoms with Crippen LogP contribution in [-0.4, -0.2) is 64.0 Å². The van der Waals surface area contributed by atoms with Crippen LogP contribution in [0, 0.1) is 11.3 Å². The molecule has 1 atom stereocenters. The Morgan fingerprint density at radius 1 is 1.14 bits per heavy atom. The van der Waals surface area contributed by atoms with Gasteiger partial charge in [-0.25, -0.2) is 0 Å². The molecule has 1 aromatic carbocycles. The minimum absolute atomic E-state index is 0.406. The molecule has 2 aromatic rings. The second-order valence-electron chi connectivity index (χ2n) is 7.81. The van der Waals surface area contributed by atoms with Gasteiger partial charge in [-0.15, -0.1) is 10.2 Å². The lowest BCUT2D eigenvalue weighted by molar-refractivity contribution is 0.0326. The number of likely N-dealkylation sites (tertiary alicyclic amines) is 1. The molecule has 0 radical (unpaired) electrons. The van der Waals surface area contributed by atoms with Gasteiger partial charge >= 0.3 is 0 Å². The summed E-state index contributed by atoms with van der Waals surface area (Å²) >= 11 is 0. The summed E-state index contributed by atoms with van der Waals surface area (Å²) in [6.07, 6.45) is 2.31. The molecule has 0 N–H and O–H groups in total. The first-order valence-corrected chi connectivity index (χ1v) is 10.1. The van der Waals surface area contributed by atoms with Crippen LogP contribution < -0.4 is 0 Å². The number of piperidine rings is 1. The Balaban J connectivity index is 1.41. The number of aromatic nitrogens is 3. The molecule has 1 unspecified atom stereocenters. The highest BCUT2D eigenvalue weighted by atomic mass is 16.5. The van der Waals surface area contributed by atoms with E-state index >= 15 is 0 Å². The SMILES string of the molecule is Cn1c(CN2CCOCC2)nnc1C1CCCN(Cc2cccc(C#N)c2)C1. The second kappa shape index (κ2) is 8.82. The second-order valence-corrected chi connectivity index (χ2v) is 7.81. The molecule has 0 spiro atoms. The molecule has 0 bridgehead atoms. The van der Waals surface area contributed by atoms with Crippen molar-refractivity contribution in [2.24, 2.45) is 7.05 Å². The maximum atomic E-state index is 9.12. The monoisotopic (exact) mass is 380 g/mol. The lowest BCUT2D eigenvalue weighted by Gasteiger charge is -2.32. The fourth-order valence-electron chi connectivity index (χ4n) is 4.24. The van der Waals surface area contributed by atoms with E-state index in [2.05, 4.69) is 43.7 Å². The number of hydrogen-bond acceptors (Lipinski definition) is 6. The molecule has 148 valence electrons. The van der Waals surface area contributed by atoms with Gasteiger partial charge in [0.2, 0.25) is 0 Å². The van der Waals surface area contributed by atoms with E-state index < -0.39 is 0 Å². The van der Waals surface area contributed by atoms with Gasteiger partial charge in [-0.05, 0) is 37.1 Å². The fraction of sp³-hybridized carbons (Fsp3) is 0.571. The molecular formula is C21H28N6O. The Morgan fingerprint density at radius 2 is 2.00 bits per heavy atom. The Kier molecular flexibility index (Phi) is 6.01.